The monoisotopic (exact) mass is 422 g/mol. The Morgan fingerprint density at radius 1 is 1.11 bits per heavy atom. The number of aromatic nitrogens is 1. The summed E-state index contributed by atoms with van der Waals surface area (Å²) in [6, 6.07) is 7.10. The molecule has 1 amide bonds. The predicted octanol–water partition coefficient (Wildman–Crippen LogP) is 5.16. The molecule has 0 aliphatic rings. The summed E-state index contributed by atoms with van der Waals surface area (Å²) < 4.78 is 41.1. The summed E-state index contributed by atoms with van der Waals surface area (Å²) in [4.78, 5) is 27.6. The molecular formula is C19H13F3N2O2S2. The van der Waals surface area contributed by atoms with E-state index in [-0.39, 0.29) is 38.4 Å². The van der Waals surface area contributed by atoms with Gasteiger partial charge in [0.15, 0.2) is 10.9 Å². The van der Waals surface area contributed by atoms with Gasteiger partial charge in [-0.3, -0.25) is 9.59 Å². The molecule has 3 aromatic rings. The molecule has 1 heterocycles. The van der Waals surface area contributed by atoms with Gasteiger partial charge in [0.05, 0.1) is 11.4 Å². The van der Waals surface area contributed by atoms with Crippen molar-refractivity contribution in [2.75, 3.05) is 11.1 Å². The van der Waals surface area contributed by atoms with E-state index in [0.717, 1.165) is 47.4 Å². The Morgan fingerprint density at radius 2 is 1.89 bits per heavy atom. The van der Waals surface area contributed by atoms with E-state index in [1.54, 1.807) is 0 Å². The molecule has 0 aliphatic carbocycles. The minimum Gasteiger partial charge on any atom is -0.301 e. The SMILES string of the molecule is CC(=O)c1ccc(SCC(=O)Nc2nc(-c3cc(F)ccc3F)cs2)c(F)c1. The summed E-state index contributed by atoms with van der Waals surface area (Å²) in [6.07, 6.45) is 0. The van der Waals surface area contributed by atoms with Gasteiger partial charge < -0.3 is 5.32 Å². The van der Waals surface area contributed by atoms with Gasteiger partial charge >= 0.3 is 0 Å². The highest BCUT2D eigenvalue weighted by Gasteiger charge is 2.14. The fourth-order valence-corrected chi connectivity index (χ4v) is 3.73. The van der Waals surface area contributed by atoms with Crippen molar-refractivity contribution in [2.45, 2.75) is 11.8 Å². The van der Waals surface area contributed by atoms with Crippen molar-refractivity contribution in [3.8, 4) is 11.3 Å². The summed E-state index contributed by atoms with van der Waals surface area (Å²) in [6.45, 7) is 1.34. The van der Waals surface area contributed by atoms with Crippen LogP contribution >= 0.6 is 23.1 Å². The molecule has 9 heteroatoms. The highest BCUT2D eigenvalue weighted by Crippen LogP contribution is 2.28. The van der Waals surface area contributed by atoms with Crippen LogP contribution in [-0.4, -0.2) is 22.4 Å². The van der Waals surface area contributed by atoms with Gasteiger partial charge in [0.2, 0.25) is 5.91 Å². The quantitative estimate of drug-likeness (QED) is 0.440. The van der Waals surface area contributed by atoms with E-state index < -0.39 is 23.4 Å². The maximum absolute atomic E-state index is 14.0. The van der Waals surface area contributed by atoms with Crippen LogP contribution in [0.25, 0.3) is 11.3 Å². The Bertz CT molecular complexity index is 1050. The molecule has 0 atom stereocenters. The number of carbonyl (C=O) groups excluding carboxylic acids is 2. The normalized spacial score (nSPS) is 10.7. The molecule has 0 saturated heterocycles. The number of carbonyl (C=O) groups is 2. The zero-order chi connectivity index (χ0) is 20.3. The van der Waals surface area contributed by atoms with Crippen LogP contribution in [0.2, 0.25) is 0 Å². The topological polar surface area (TPSA) is 59.1 Å². The molecule has 1 aromatic heterocycles. The second-order valence-corrected chi connectivity index (χ2v) is 7.58. The minimum atomic E-state index is -0.621. The first-order valence-electron chi connectivity index (χ1n) is 7.97. The lowest BCUT2D eigenvalue weighted by Crippen LogP contribution is -2.14. The highest BCUT2D eigenvalue weighted by molar-refractivity contribution is 8.00. The Balaban J connectivity index is 1.62. The fraction of sp³-hybridized carbons (Fsp3) is 0.105. The molecule has 3 rings (SSSR count). The molecule has 144 valence electrons. The van der Waals surface area contributed by atoms with Gasteiger partial charge in [-0.25, -0.2) is 18.2 Å². The van der Waals surface area contributed by atoms with Crippen molar-refractivity contribution < 1.29 is 22.8 Å². The van der Waals surface area contributed by atoms with Gasteiger partial charge in [-0.1, -0.05) is 6.07 Å². The first-order valence-corrected chi connectivity index (χ1v) is 9.84. The molecule has 0 unspecified atom stereocenters. The van der Waals surface area contributed by atoms with Crippen LogP contribution in [0.1, 0.15) is 17.3 Å². The molecule has 2 aromatic carbocycles. The molecule has 0 saturated carbocycles. The number of nitrogens with one attached hydrogen (secondary N) is 1. The molecule has 0 bridgehead atoms. The number of hydrogen-bond acceptors (Lipinski definition) is 5. The average Bonchev–Trinajstić information content (AvgIpc) is 3.10. The third kappa shape index (κ3) is 4.79. The van der Waals surface area contributed by atoms with Crippen LogP contribution < -0.4 is 5.32 Å². The predicted molar refractivity (Wildman–Crippen MR) is 103 cm³/mol. The number of thioether (sulfide) groups is 1. The van der Waals surface area contributed by atoms with E-state index in [4.69, 9.17) is 0 Å². The van der Waals surface area contributed by atoms with Gasteiger partial charge in [0.25, 0.3) is 0 Å². The summed E-state index contributed by atoms with van der Waals surface area (Å²) in [5.74, 6) is -2.56. The maximum atomic E-state index is 14.0. The summed E-state index contributed by atoms with van der Waals surface area (Å²) >= 11 is 2.04. The minimum absolute atomic E-state index is 0.00115. The number of hydrogen-bond donors (Lipinski definition) is 1. The van der Waals surface area contributed by atoms with Crippen molar-refractivity contribution in [1.29, 1.82) is 0 Å². The standard InChI is InChI=1S/C19H13F3N2O2S2/c1-10(25)11-2-5-17(15(22)6-11)27-9-18(26)24-19-23-16(8-28-19)13-7-12(20)3-4-14(13)21/h2-8H,9H2,1H3,(H,23,24,26). The number of anilines is 1. The summed E-state index contributed by atoms with van der Waals surface area (Å²) in [5, 5.41) is 4.26. The number of ketones is 1. The molecule has 28 heavy (non-hydrogen) atoms. The Labute approximate surface area is 166 Å². The van der Waals surface area contributed by atoms with E-state index in [9.17, 15) is 22.8 Å². The first kappa shape index (κ1) is 20.1. The number of amides is 1. The van der Waals surface area contributed by atoms with Crippen LogP contribution in [0.4, 0.5) is 18.3 Å². The number of halogens is 3. The van der Waals surface area contributed by atoms with Gasteiger partial charge in [-0.2, -0.15) is 0 Å². The fourth-order valence-electron chi connectivity index (χ4n) is 2.28. The Hall–Kier alpha value is -2.65. The van der Waals surface area contributed by atoms with E-state index in [2.05, 4.69) is 10.3 Å². The average molecular weight is 422 g/mol. The van der Waals surface area contributed by atoms with Gasteiger partial charge in [-0.05, 0) is 37.3 Å². The highest BCUT2D eigenvalue weighted by atomic mass is 32.2. The lowest BCUT2D eigenvalue weighted by atomic mass is 10.1. The van der Waals surface area contributed by atoms with Crippen molar-refractivity contribution in [2.24, 2.45) is 0 Å². The third-order valence-corrected chi connectivity index (χ3v) is 5.46. The van der Waals surface area contributed by atoms with Crippen LogP contribution in [0.5, 0.6) is 0 Å². The van der Waals surface area contributed by atoms with E-state index in [1.807, 2.05) is 0 Å². The molecule has 0 fully saturated rings. The van der Waals surface area contributed by atoms with Gasteiger partial charge in [-0.15, -0.1) is 23.1 Å². The van der Waals surface area contributed by atoms with E-state index >= 15 is 0 Å². The number of Topliss-reactive ketones (excluding diaryl/α,β-unsaturated/α-hetero) is 1. The molecular weight excluding hydrogens is 409 g/mol. The second-order valence-electron chi connectivity index (χ2n) is 5.70. The zero-order valence-electron chi connectivity index (χ0n) is 14.5. The smallest absolute Gasteiger partial charge is 0.236 e. The Kier molecular flexibility index (Phi) is 6.15. The zero-order valence-corrected chi connectivity index (χ0v) is 16.1. The maximum Gasteiger partial charge on any atom is 0.236 e. The van der Waals surface area contributed by atoms with Crippen LogP contribution in [0, 0.1) is 17.5 Å². The van der Waals surface area contributed by atoms with Gasteiger partial charge in [0.1, 0.15) is 17.5 Å². The van der Waals surface area contributed by atoms with Crippen LogP contribution in [0.15, 0.2) is 46.7 Å². The van der Waals surface area contributed by atoms with Crippen molar-refractivity contribution in [3.05, 3.63) is 64.8 Å². The van der Waals surface area contributed by atoms with E-state index in [0.29, 0.717) is 0 Å². The van der Waals surface area contributed by atoms with Gasteiger partial charge in [0, 0.05) is 21.4 Å². The van der Waals surface area contributed by atoms with Crippen LogP contribution in [-0.2, 0) is 4.79 Å². The largest absolute Gasteiger partial charge is 0.301 e. The number of benzene rings is 2. The lowest BCUT2D eigenvalue weighted by Gasteiger charge is -2.05. The lowest BCUT2D eigenvalue weighted by molar-refractivity contribution is -0.113. The molecule has 0 aliphatic heterocycles. The number of nitrogens with zero attached hydrogens (tertiary/aromatic N) is 1. The summed E-state index contributed by atoms with van der Waals surface area (Å²) in [5.41, 5.74) is 0.459. The molecule has 1 N–H and O–H groups in total. The van der Waals surface area contributed by atoms with Crippen molar-refractivity contribution in [3.63, 3.8) is 0 Å². The van der Waals surface area contributed by atoms with Crippen molar-refractivity contribution >= 4 is 39.9 Å². The molecule has 0 spiro atoms. The molecule has 0 radical (unpaired) electrons. The molecule has 4 nitrogen and oxygen atoms in total. The number of thiazole rings is 1. The third-order valence-electron chi connectivity index (χ3n) is 3.65. The van der Waals surface area contributed by atoms with E-state index in [1.165, 1.54) is 24.4 Å². The Morgan fingerprint density at radius 3 is 2.61 bits per heavy atom. The van der Waals surface area contributed by atoms with Crippen molar-refractivity contribution in [1.82, 2.24) is 4.98 Å². The summed E-state index contributed by atoms with van der Waals surface area (Å²) in [7, 11) is 0. The number of rotatable bonds is 6. The first-order chi connectivity index (χ1) is 13.3. The second kappa shape index (κ2) is 8.57. The van der Waals surface area contributed by atoms with Crippen LogP contribution in [0.3, 0.4) is 0 Å².